The van der Waals surface area contributed by atoms with Crippen LogP contribution in [-0.2, 0) is 14.4 Å². The summed E-state index contributed by atoms with van der Waals surface area (Å²) in [7, 11) is 1.51. The van der Waals surface area contributed by atoms with Gasteiger partial charge < -0.3 is 20.5 Å². The molecule has 0 radical (unpaired) electrons. The molecule has 0 unspecified atom stereocenters. The van der Waals surface area contributed by atoms with Crippen LogP contribution in [0.4, 0.5) is 11.4 Å². The lowest BCUT2D eigenvalue weighted by Gasteiger charge is -2.10. The van der Waals surface area contributed by atoms with Crippen molar-refractivity contribution >= 4 is 52.5 Å². The molecule has 0 fully saturated rings. The van der Waals surface area contributed by atoms with Crippen molar-refractivity contribution < 1.29 is 24.2 Å². The van der Waals surface area contributed by atoms with Crippen molar-refractivity contribution in [3.8, 4) is 5.75 Å². The van der Waals surface area contributed by atoms with Crippen LogP contribution in [0.2, 0.25) is 5.02 Å². The van der Waals surface area contributed by atoms with Gasteiger partial charge in [0.15, 0.2) is 0 Å². The summed E-state index contributed by atoms with van der Waals surface area (Å²) in [5.74, 6) is -1.22. The minimum Gasteiger partial charge on any atom is -0.495 e. The Hall–Kier alpha value is -2.97. The third-order valence-corrected chi connectivity index (χ3v) is 4.86. The number of ether oxygens (including phenoxy) is 1. The number of thioether (sulfide) groups is 1. The Bertz CT molecular complexity index is 944. The van der Waals surface area contributed by atoms with Gasteiger partial charge in [-0.2, -0.15) is 0 Å². The highest BCUT2D eigenvalue weighted by Crippen LogP contribution is 2.28. The Kier molecular flexibility index (Phi) is 8.11. The third kappa shape index (κ3) is 7.17. The molecule has 0 heterocycles. The van der Waals surface area contributed by atoms with Crippen molar-refractivity contribution in [1.82, 2.24) is 0 Å². The number of amides is 2. The number of anilines is 2. The molecule has 0 aliphatic carbocycles. The highest BCUT2D eigenvalue weighted by molar-refractivity contribution is 8.00. The molecule has 0 aromatic heterocycles. The van der Waals surface area contributed by atoms with Crippen LogP contribution in [-0.4, -0.2) is 35.8 Å². The van der Waals surface area contributed by atoms with Gasteiger partial charge in [-0.1, -0.05) is 11.6 Å². The number of hydrogen-bond donors (Lipinski definition) is 3. The van der Waals surface area contributed by atoms with Gasteiger partial charge in [-0.3, -0.25) is 9.59 Å². The first-order chi connectivity index (χ1) is 13.8. The van der Waals surface area contributed by atoms with Crippen molar-refractivity contribution in [3.05, 3.63) is 59.1 Å². The number of rotatable bonds is 8. The number of carboxylic acid groups (broad SMARTS) is 1. The molecule has 7 nitrogen and oxygen atoms in total. The average Bonchev–Trinajstić information content (AvgIpc) is 2.67. The van der Waals surface area contributed by atoms with Crippen LogP contribution in [0.3, 0.4) is 0 Å². The number of aliphatic carboxylic acids is 1. The number of methoxy groups -OCH3 is 1. The van der Waals surface area contributed by atoms with Crippen molar-refractivity contribution in [2.45, 2.75) is 11.8 Å². The molecule has 3 N–H and O–H groups in total. The molecule has 29 heavy (non-hydrogen) atoms. The molecule has 0 saturated heterocycles. The fourth-order valence-electron chi connectivity index (χ4n) is 2.18. The molecule has 0 saturated carbocycles. The summed E-state index contributed by atoms with van der Waals surface area (Å²) in [4.78, 5) is 35.5. The lowest BCUT2D eigenvalue weighted by molar-refractivity contribution is -0.132. The van der Waals surface area contributed by atoms with E-state index >= 15 is 0 Å². The van der Waals surface area contributed by atoms with Crippen LogP contribution in [0.5, 0.6) is 5.75 Å². The Balaban J connectivity index is 1.89. The van der Waals surface area contributed by atoms with Crippen LogP contribution >= 0.6 is 23.4 Å². The predicted molar refractivity (Wildman–Crippen MR) is 114 cm³/mol. The van der Waals surface area contributed by atoms with Gasteiger partial charge >= 0.3 is 5.97 Å². The Labute approximate surface area is 177 Å². The second kappa shape index (κ2) is 10.5. The van der Waals surface area contributed by atoms with E-state index in [0.29, 0.717) is 22.1 Å². The fraction of sp³-hybridized carbons (Fsp3) is 0.150. The van der Waals surface area contributed by atoms with Gasteiger partial charge in [-0.25, -0.2) is 4.79 Å². The van der Waals surface area contributed by atoms with Crippen LogP contribution < -0.4 is 15.4 Å². The van der Waals surface area contributed by atoms with Crippen molar-refractivity contribution in [1.29, 1.82) is 0 Å². The quantitative estimate of drug-likeness (QED) is 0.427. The second-order valence-corrected chi connectivity index (χ2v) is 7.31. The molecule has 0 aliphatic rings. The molecule has 2 rings (SSSR count). The van der Waals surface area contributed by atoms with E-state index in [0.717, 1.165) is 11.0 Å². The van der Waals surface area contributed by atoms with Gasteiger partial charge in [0.2, 0.25) is 11.8 Å². The summed E-state index contributed by atoms with van der Waals surface area (Å²) in [5.41, 5.74) is 0.951. The van der Waals surface area contributed by atoms with E-state index < -0.39 is 11.9 Å². The van der Waals surface area contributed by atoms with E-state index in [9.17, 15) is 14.4 Å². The first-order valence-corrected chi connectivity index (χ1v) is 9.73. The highest BCUT2D eigenvalue weighted by atomic mass is 35.5. The van der Waals surface area contributed by atoms with Crippen LogP contribution in [0.1, 0.15) is 6.92 Å². The predicted octanol–water partition coefficient (Wildman–Crippen LogP) is 4.05. The molecular weight excluding hydrogens is 416 g/mol. The van der Waals surface area contributed by atoms with Crippen molar-refractivity contribution in [3.63, 3.8) is 0 Å². The SMILES string of the molecule is COc1ccc(Cl)cc1NC(=O)CSc1ccc(NC(=O)C=C(C)C(=O)O)cc1. The van der Waals surface area contributed by atoms with Gasteiger partial charge in [0.05, 0.1) is 18.6 Å². The smallest absolute Gasteiger partial charge is 0.331 e. The monoisotopic (exact) mass is 434 g/mol. The van der Waals surface area contributed by atoms with Gasteiger partial charge in [0.1, 0.15) is 5.75 Å². The summed E-state index contributed by atoms with van der Waals surface area (Å²) in [6.45, 7) is 1.34. The fourth-order valence-corrected chi connectivity index (χ4v) is 3.05. The number of nitrogens with one attached hydrogen (secondary N) is 2. The average molecular weight is 435 g/mol. The summed E-state index contributed by atoms with van der Waals surface area (Å²) in [6.07, 6.45) is 1.01. The van der Waals surface area contributed by atoms with E-state index in [2.05, 4.69) is 10.6 Å². The molecule has 9 heteroatoms. The molecule has 0 spiro atoms. The number of hydrogen-bond acceptors (Lipinski definition) is 5. The molecule has 0 bridgehead atoms. The molecule has 152 valence electrons. The molecule has 2 amide bonds. The highest BCUT2D eigenvalue weighted by Gasteiger charge is 2.09. The van der Waals surface area contributed by atoms with Gasteiger partial charge in [-0.05, 0) is 49.4 Å². The molecule has 2 aromatic carbocycles. The van der Waals surface area contributed by atoms with Crippen molar-refractivity contribution in [2.24, 2.45) is 0 Å². The number of carboxylic acids is 1. The third-order valence-electron chi connectivity index (χ3n) is 3.61. The summed E-state index contributed by atoms with van der Waals surface area (Å²) >= 11 is 7.27. The zero-order valence-corrected chi connectivity index (χ0v) is 17.3. The lowest BCUT2D eigenvalue weighted by atomic mass is 10.2. The number of carbonyl (C=O) groups excluding carboxylic acids is 2. The van der Waals surface area contributed by atoms with E-state index in [4.69, 9.17) is 21.4 Å². The van der Waals surface area contributed by atoms with Gasteiger partial charge in [0, 0.05) is 27.3 Å². The molecule has 2 aromatic rings. The van der Waals surface area contributed by atoms with Crippen LogP contribution in [0.25, 0.3) is 0 Å². The second-order valence-electron chi connectivity index (χ2n) is 5.83. The van der Waals surface area contributed by atoms with Crippen molar-refractivity contribution in [2.75, 3.05) is 23.5 Å². The Morgan fingerprint density at radius 2 is 1.83 bits per heavy atom. The molecule has 0 atom stereocenters. The normalized spacial score (nSPS) is 10.9. The topological polar surface area (TPSA) is 105 Å². The molecular formula is C20H19ClN2O5S. The minimum absolute atomic E-state index is 0.0583. The van der Waals surface area contributed by atoms with E-state index in [1.54, 1.807) is 42.5 Å². The van der Waals surface area contributed by atoms with Crippen LogP contribution in [0, 0.1) is 0 Å². The van der Waals surface area contributed by atoms with Gasteiger partial charge in [0.25, 0.3) is 0 Å². The summed E-state index contributed by atoms with van der Waals surface area (Å²) in [5, 5.41) is 14.6. The Morgan fingerprint density at radius 1 is 1.14 bits per heavy atom. The largest absolute Gasteiger partial charge is 0.495 e. The number of halogens is 1. The molecule has 0 aliphatic heterocycles. The van der Waals surface area contributed by atoms with Crippen LogP contribution in [0.15, 0.2) is 59.0 Å². The van der Waals surface area contributed by atoms with E-state index in [-0.39, 0.29) is 17.2 Å². The Morgan fingerprint density at radius 3 is 2.45 bits per heavy atom. The summed E-state index contributed by atoms with van der Waals surface area (Å²) in [6, 6.07) is 11.8. The van der Waals surface area contributed by atoms with E-state index in [1.165, 1.54) is 25.8 Å². The minimum atomic E-state index is -1.15. The first kappa shape index (κ1) is 22.3. The maximum Gasteiger partial charge on any atom is 0.331 e. The zero-order chi connectivity index (χ0) is 21.4. The number of benzene rings is 2. The summed E-state index contributed by atoms with van der Waals surface area (Å²) < 4.78 is 5.19. The van der Waals surface area contributed by atoms with E-state index in [1.807, 2.05) is 0 Å². The number of carbonyl (C=O) groups is 3. The van der Waals surface area contributed by atoms with Gasteiger partial charge in [-0.15, -0.1) is 11.8 Å². The maximum absolute atomic E-state index is 12.2. The first-order valence-electron chi connectivity index (χ1n) is 8.37. The zero-order valence-electron chi connectivity index (χ0n) is 15.7. The lowest BCUT2D eigenvalue weighted by Crippen LogP contribution is -2.14. The maximum atomic E-state index is 12.2. The standard InChI is InChI=1S/C20H19ClN2O5S/c1-12(20(26)27)9-18(24)22-14-4-6-15(7-5-14)29-11-19(25)23-16-10-13(21)3-8-17(16)28-2/h3-10H,11H2,1-2H3,(H,22,24)(H,23,25)(H,26,27).